The molecule has 1 aromatic heterocycles. The van der Waals surface area contributed by atoms with E-state index < -0.39 is 29.2 Å². The number of carbonyl (C=O) groups excluding carboxylic acids is 1. The van der Waals surface area contributed by atoms with Crippen molar-refractivity contribution in [3.05, 3.63) is 35.8 Å². The molecule has 2 N–H and O–H groups in total. The molecule has 0 saturated heterocycles. The lowest BCUT2D eigenvalue weighted by Gasteiger charge is -2.17. The number of hydrogen-bond donors (Lipinski definition) is 2. The van der Waals surface area contributed by atoms with Crippen LogP contribution in [0.15, 0.2) is 18.3 Å². The lowest BCUT2D eigenvalue weighted by atomic mass is 10.3. The summed E-state index contributed by atoms with van der Waals surface area (Å²) < 4.78 is 44.5. The highest BCUT2D eigenvalue weighted by Crippen LogP contribution is 2.24. The summed E-state index contributed by atoms with van der Waals surface area (Å²) in [5.41, 5.74) is -0.298. The Kier molecular flexibility index (Phi) is 5.07. The highest BCUT2D eigenvalue weighted by molar-refractivity contribution is 6.01. The third-order valence-corrected chi connectivity index (χ3v) is 2.88. The van der Waals surface area contributed by atoms with E-state index in [0.29, 0.717) is 11.9 Å². The van der Waals surface area contributed by atoms with E-state index in [0.717, 1.165) is 6.07 Å². The molecule has 0 aliphatic rings. The van der Waals surface area contributed by atoms with Gasteiger partial charge >= 0.3 is 12.0 Å². The lowest BCUT2D eigenvalue weighted by Crippen LogP contribution is -2.23. The van der Waals surface area contributed by atoms with Gasteiger partial charge in [0.05, 0.1) is 19.0 Å². The van der Waals surface area contributed by atoms with Crippen LogP contribution in [0.3, 0.4) is 0 Å². The molecule has 7 nitrogen and oxygen atoms in total. The number of anilines is 3. The average molecular weight is 341 g/mol. The summed E-state index contributed by atoms with van der Waals surface area (Å²) in [6, 6.07) is 0.827. The van der Waals surface area contributed by atoms with Crippen LogP contribution in [0.5, 0.6) is 6.01 Å². The van der Waals surface area contributed by atoms with Crippen LogP contribution in [0.25, 0.3) is 0 Å². The zero-order valence-electron chi connectivity index (χ0n) is 13.0. The third-order valence-electron chi connectivity index (χ3n) is 2.88. The Hall–Kier alpha value is -3.04. The molecule has 1 heterocycles. The Morgan fingerprint density at radius 1 is 1.12 bits per heavy atom. The van der Waals surface area contributed by atoms with Crippen molar-refractivity contribution in [1.29, 1.82) is 0 Å². The Bertz CT molecular complexity index is 770. The number of nitrogens with one attached hydrogen (secondary N) is 2. The van der Waals surface area contributed by atoms with E-state index in [1.165, 1.54) is 13.3 Å². The topological polar surface area (TPSA) is 79.4 Å². The van der Waals surface area contributed by atoms with Gasteiger partial charge in [0.25, 0.3) is 0 Å². The first-order valence-electron chi connectivity index (χ1n) is 6.63. The minimum Gasteiger partial charge on any atom is -0.467 e. The van der Waals surface area contributed by atoms with Gasteiger partial charge in [0.15, 0.2) is 23.3 Å². The summed E-state index contributed by atoms with van der Waals surface area (Å²) in [6.07, 6.45) is 1.29. The second kappa shape index (κ2) is 7.02. The van der Waals surface area contributed by atoms with E-state index in [9.17, 15) is 18.0 Å². The number of urea groups is 1. The number of benzene rings is 1. The molecule has 0 saturated carbocycles. The minimum absolute atomic E-state index is 0.0938. The van der Waals surface area contributed by atoms with Crippen molar-refractivity contribution >= 4 is 23.2 Å². The van der Waals surface area contributed by atoms with Crippen LogP contribution in [-0.4, -0.2) is 37.2 Å². The van der Waals surface area contributed by atoms with Crippen molar-refractivity contribution < 1.29 is 22.7 Å². The Morgan fingerprint density at radius 2 is 1.79 bits per heavy atom. The fraction of sp³-hybridized carbons (Fsp3) is 0.214. The molecule has 0 aliphatic heterocycles. The van der Waals surface area contributed by atoms with Gasteiger partial charge in [-0.2, -0.15) is 4.98 Å². The number of methoxy groups -OCH3 is 1. The fourth-order valence-corrected chi connectivity index (χ4v) is 1.78. The van der Waals surface area contributed by atoms with Crippen LogP contribution in [0.1, 0.15) is 0 Å². The smallest absolute Gasteiger partial charge is 0.323 e. The molecular formula is C14H14F3N5O2. The van der Waals surface area contributed by atoms with Crippen LogP contribution in [0.2, 0.25) is 0 Å². The molecule has 1 aromatic carbocycles. The first-order valence-corrected chi connectivity index (χ1v) is 6.63. The summed E-state index contributed by atoms with van der Waals surface area (Å²) in [7, 11) is 4.75. The number of halogens is 3. The molecule has 0 fully saturated rings. The Morgan fingerprint density at radius 3 is 2.42 bits per heavy atom. The molecule has 128 valence electrons. The number of rotatable bonds is 4. The average Bonchev–Trinajstić information content (AvgIpc) is 2.55. The number of aromatic nitrogens is 2. The highest BCUT2D eigenvalue weighted by atomic mass is 19.2. The van der Waals surface area contributed by atoms with Crippen molar-refractivity contribution in [2.24, 2.45) is 0 Å². The van der Waals surface area contributed by atoms with E-state index >= 15 is 0 Å². The van der Waals surface area contributed by atoms with Gasteiger partial charge in [0.2, 0.25) is 0 Å². The number of carbonyl (C=O) groups is 1. The maximum absolute atomic E-state index is 13.6. The zero-order chi connectivity index (χ0) is 17.9. The maximum atomic E-state index is 13.6. The molecule has 0 radical (unpaired) electrons. The van der Waals surface area contributed by atoms with Crippen molar-refractivity contribution in [3.63, 3.8) is 0 Å². The molecular weight excluding hydrogens is 327 g/mol. The molecule has 10 heteroatoms. The van der Waals surface area contributed by atoms with E-state index in [1.54, 1.807) is 19.0 Å². The standard InChI is InChI=1S/C14H14F3N5O2/c1-22(2)12-9(6-18-14(21-12)24-3)20-13(23)19-8-5-4-7(15)10(16)11(8)17/h4-6H,1-3H3,(H2,19,20,23). The van der Waals surface area contributed by atoms with Gasteiger partial charge in [-0.1, -0.05) is 0 Å². The zero-order valence-corrected chi connectivity index (χ0v) is 13.0. The maximum Gasteiger partial charge on any atom is 0.323 e. The first-order chi connectivity index (χ1) is 11.3. The van der Waals surface area contributed by atoms with Gasteiger partial charge < -0.3 is 20.3 Å². The van der Waals surface area contributed by atoms with Crippen LogP contribution < -0.4 is 20.3 Å². The van der Waals surface area contributed by atoms with Crippen LogP contribution in [0, 0.1) is 17.5 Å². The molecule has 0 bridgehead atoms. The molecule has 0 spiro atoms. The number of amides is 2. The molecule has 2 amide bonds. The van der Waals surface area contributed by atoms with Gasteiger partial charge in [-0.3, -0.25) is 0 Å². The second-order valence-electron chi connectivity index (χ2n) is 4.79. The fourth-order valence-electron chi connectivity index (χ4n) is 1.78. The van der Waals surface area contributed by atoms with Gasteiger partial charge in [0, 0.05) is 14.1 Å². The molecule has 2 rings (SSSR count). The molecule has 0 aliphatic carbocycles. The SMILES string of the molecule is COc1ncc(NC(=O)Nc2ccc(F)c(F)c2F)c(N(C)C)n1. The Labute approximate surface area is 135 Å². The largest absolute Gasteiger partial charge is 0.467 e. The van der Waals surface area contributed by atoms with Crippen molar-refractivity contribution in [2.75, 3.05) is 36.7 Å². The van der Waals surface area contributed by atoms with E-state index in [-0.39, 0.29) is 11.7 Å². The normalized spacial score (nSPS) is 10.2. The minimum atomic E-state index is -1.67. The van der Waals surface area contributed by atoms with Crippen molar-refractivity contribution in [2.45, 2.75) is 0 Å². The second-order valence-corrected chi connectivity index (χ2v) is 4.79. The summed E-state index contributed by atoms with van der Waals surface area (Å²) >= 11 is 0. The van der Waals surface area contributed by atoms with E-state index in [4.69, 9.17) is 4.74 Å². The van der Waals surface area contributed by atoms with Crippen LogP contribution in [0.4, 0.5) is 35.2 Å². The molecule has 2 aromatic rings. The number of ether oxygens (including phenoxy) is 1. The van der Waals surface area contributed by atoms with E-state index in [1.807, 2.05) is 0 Å². The summed E-state index contributed by atoms with van der Waals surface area (Å²) in [5.74, 6) is -4.18. The number of hydrogen-bond acceptors (Lipinski definition) is 5. The van der Waals surface area contributed by atoms with Gasteiger partial charge in [0.1, 0.15) is 5.69 Å². The van der Waals surface area contributed by atoms with Crippen molar-refractivity contribution in [1.82, 2.24) is 9.97 Å². The van der Waals surface area contributed by atoms with Crippen molar-refractivity contribution in [3.8, 4) is 6.01 Å². The highest BCUT2D eigenvalue weighted by Gasteiger charge is 2.17. The first kappa shape index (κ1) is 17.3. The van der Waals surface area contributed by atoms with Crippen LogP contribution >= 0.6 is 0 Å². The monoisotopic (exact) mass is 341 g/mol. The predicted molar refractivity (Wildman–Crippen MR) is 81.9 cm³/mol. The summed E-state index contributed by atoms with van der Waals surface area (Å²) in [6.45, 7) is 0. The summed E-state index contributed by atoms with van der Waals surface area (Å²) in [4.78, 5) is 21.5. The quantitative estimate of drug-likeness (QED) is 0.836. The predicted octanol–water partition coefficient (Wildman–Crippen LogP) is 2.61. The van der Waals surface area contributed by atoms with Crippen LogP contribution in [-0.2, 0) is 0 Å². The lowest BCUT2D eigenvalue weighted by molar-refractivity contribution is 0.262. The summed E-state index contributed by atoms with van der Waals surface area (Å²) in [5, 5.41) is 4.48. The Balaban J connectivity index is 2.20. The van der Waals surface area contributed by atoms with Gasteiger partial charge in [-0.05, 0) is 12.1 Å². The van der Waals surface area contributed by atoms with Gasteiger partial charge in [-0.25, -0.2) is 22.9 Å². The number of nitrogens with zero attached hydrogens (tertiary/aromatic N) is 3. The molecule has 0 atom stereocenters. The molecule has 0 unspecified atom stereocenters. The molecule has 24 heavy (non-hydrogen) atoms. The third kappa shape index (κ3) is 3.65. The van der Waals surface area contributed by atoms with E-state index in [2.05, 4.69) is 20.6 Å². The van der Waals surface area contributed by atoms with Gasteiger partial charge in [-0.15, -0.1) is 0 Å².